The molecule has 2 aliphatic rings. The minimum atomic E-state index is -0.221. The number of benzene rings is 1. The molecule has 0 fully saturated rings. The third-order valence-corrected chi connectivity index (χ3v) is 4.58. The Balaban J connectivity index is 1.91. The van der Waals surface area contributed by atoms with Gasteiger partial charge < -0.3 is 10.2 Å². The molecule has 0 spiro atoms. The van der Waals surface area contributed by atoms with Crippen molar-refractivity contribution in [1.82, 2.24) is 9.88 Å². The third kappa shape index (κ3) is 1.83. The van der Waals surface area contributed by atoms with Crippen molar-refractivity contribution in [2.75, 3.05) is 18.4 Å². The van der Waals surface area contributed by atoms with E-state index >= 15 is 0 Å². The molecule has 22 heavy (non-hydrogen) atoms. The van der Waals surface area contributed by atoms with Gasteiger partial charge >= 0.3 is 0 Å². The van der Waals surface area contributed by atoms with Crippen LogP contribution in [0.25, 0.3) is 0 Å². The second-order valence-corrected chi connectivity index (χ2v) is 5.87. The first-order chi connectivity index (χ1) is 10.8. The molecule has 1 aromatic carbocycles. The van der Waals surface area contributed by atoms with Crippen LogP contribution >= 0.6 is 0 Å². The fourth-order valence-corrected chi connectivity index (χ4v) is 3.69. The highest BCUT2D eigenvalue weighted by atomic mass is 15.4. The summed E-state index contributed by atoms with van der Waals surface area (Å²) in [5, 5.41) is 3.82. The Morgan fingerprint density at radius 2 is 2.00 bits per heavy atom. The van der Waals surface area contributed by atoms with Crippen LogP contribution in [-0.4, -0.2) is 28.8 Å². The predicted molar refractivity (Wildman–Crippen MR) is 89.0 cm³/mol. The van der Waals surface area contributed by atoms with Crippen molar-refractivity contribution in [3.05, 3.63) is 59.9 Å². The summed E-state index contributed by atoms with van der Waals surface area (Å²) in [5.41, 5.74) is 3.42. The van der Waals surface area contributed by atoms with Gasteiger partial charge in [0.2, 0.25) is 0 Å². The number of pyridine rings is 1. The third-order valence-electron chi connectivity index (χ3n) is 4.58. The number of para-hydroxylation sites is 1. The molecular formula is C18H20N4. The van der Waals surface area contributed by atoms with Gasteiger partial charge in [0.25, 0.3) is 0 Å². The van der Waals surface area contributed by atoms with Gasteiger partial charge in [0, 0.05) is 35.8 Å². The van der Waals surface area contributed by atoms with Gasteiger partial charge in [-0.1, -0.05) is 25.5 Å². The Bertz CT molecular complexity index is 710. The zero-order valence-corrected chi connectivity index (χ0v) is 12.8. The van der Waals surface area contributed by atoms with Crippen LogP contribution in [0, 0.1) is 0 Å². The second kappa shape index (κ2) is 5.13. The molecule has 0 saturated carbocycles. The first-order valence-corrected chi connectivity index (χ1v) is 7.95. The van der Waals surface area contributed by atoms with Crippen LogP contribution in [0.1, 0.15) is 30.9 Å². The van der Waals surface area contributed by atoms with Crippen molar-refractivity contribution >= 4 is 11.5 Å². The van der Waals surface area contributed by atoms with Crippen LogP contribution in [0.4, 0.5) is 5.69 Å². The predicted octanol–water partition coefficient (Wildman–Crippen LogP) is 3.22. The molecule has 2 aliphatic heterocycles. The Hall–Kier alpha value is -2.36. The lowest BCUT2D eigenvalue weighted by molar-refractivity contribution is 0.200. The zero-order valence-electron chi connectivity index (χ0n) is 12.8. The highest BCUT2D eigenvalue weighted by Crippen LogP contribution is 2.42. The highest BCUT2D eigenvalue weighted by Gasteiger charge is 2.45. The number of aromatic nitrogens is 1. The molecular weight excluding hydrogens is 272 g/mol. The fraction of sp³-hybridized carbons (Fsp3) is 0.333. The Labute approximate surface area is 130 Å². The lowest BCUT2D eigenvalue weighted by Gasteiger charge is -2.49. The summed E-state index contributed by atoms with van der Waals surface area (Å²) in [5.74, 6) is 1.12. The molecule has 0 amide bonds. The van der Waals surface area contributed by atoms with Gasteiger partial charge in [0.1, 0.15) is 11.5 Å². The number of anilines is 1. The van der Waals surface area contributed by atoms with Crippen LogP contribution in [0.3, 0.4) is 0 Å². The van der Waals surface area contributed by atoms with Gasteiger partial charge in [0.15, 0.2) is 0 Å². The number of fused-ring (bicyclic) bond motifs is 3. The van der Waals surface area contributed by atoms with Gasteiger partial charge in [-0.05, 0) is 30.7 Å². The Kier molecular flexibility index (Phi) is 3.10. The fourth-order valence-electron chi connectivity index (χ4n) is 3.69. The topological polar surface area (TPSA) is 40.5 Å². The average Bonchev–Trinajstić information content (AvgIpc) is 3.07. The summed E-state index contributed by atoms with van der Waals surface area (Å²) in [4.78, 5) is 11.4. The summed E-state index contributed by atoms with van der Waals surface area (Å²) in [6.45, 7) is 4.05. The summed E-state index contributed by atoms with van der Waals surface area (Å²) < 4.78 is 0. The molecule has 1 unspecified atom stereocenters. The highest BCUT2D eigenvalue weighted by molar-refractivity contribution is 6.06. The lowest BCUT2D eigenvalue weighted by Crippen LogP contribution is -2.56. The van der Waals surface area contributed by atoms with E-state index in [1.807, 2.05) is 12.4 Å². The maximum Gasteiger partial charge on any atom is 0.138 e. The molecule has 0 aliphatic carbocycles. The lowest BCUT2D eigenvalue weighted by atomic mass is 9.89. The summed E-state index contributed by atoms with van der Waals surface area (Å²) in [6, 6.07) is 12.7. The van der Waals surface area contributed by atoms with Gasteiger partial charge in [0.05, 0.1) is 6.54 Å². The van der Waals surface area contributed by atoms with Crippen molar-refractivity contribution < 1.29 is 0 Å². The van der Waals surface area contributed by atoms with Gasteiger partial charge in [-0.25, -0.2) is 0 Å². The molecule has 4 heteroatoms. The second-order valence-electron chi connectivity index (χ2n) is 5.87. The van der Waals surface area contributed by atoms with Gasteiger partial charge in [-0.15, -0.1) is 0 Å². The van der Waals surface area contributed by atoms with Crippen molar-refractivity contribution in [2.24, 2.45) is 4.99 Å². The first-order valence-electron chi connectivity index (χ1n) is 7.95. The van der Waals surface area contributed by atoms with E-state index in [4.69, 9.17) is 4.99 Å². The van der Waals surface area contributed by atoms with E-state index in [0.717, 1.165) is 31.8 Å². The minimum absolute atomic E-state index is 0.221. The zero-order chi connectivity index (χ0) is 15.0. The Morgan fingerprint density at radius 1 is 1.18 bits per heavy atom. The molecule has 4 rings (SSSR count). The molecule has 0 saturated heterocycles. The van der Waals surface area contributed by atoms with E-state index in [-0.39, 0.29) is 5.66 Å². The van der Waals surface area contributed by atoms with Crippen molar-refractivity contribution in [1.29, 1.82) is 0 Å². The number of nitrogens with zero attached hydrogens (tertiary/aromatic N) is 3. The van der Waals surface area contributed by atoms with Crippen molar-refractivity contribution in [3.63, 3.8) is 0 Å². The monoisotopic (exact) mass is 292 g/mol. The van der Waals surface area contributed by atoms with Crippen LogP contribution in [0.15, 0.2) is 53.8 Å². The van der Waals surface area contributed by atoms with Crippen LogP contribution in [-0.2, 0) is 5.66 Å². The van der Waals surface area contributed by atoms with E-state index in [1.54, 1.807) is 0 Å². The molecule has 1 N–H and O–H groups in total. The number of rotatable bonds is 3. The standard InChI is InChI=1S/C18H20N4/c1-2-9-18(14-7-10-19-11-8-14)21-16-6-4-3-5-15(16)17-20-12-13-22(17)18/h3-8,10-11,21H,2,9,12-13H2,1H3. The van der Waals surface area contributed by atoms with Crippen LogP contribution < -0.4 is 5.32 Å². The summed E-state index contributed by atoms with van der Waals surface area (Å²) in [6.07, 6.45) is 5.88. The number of nitrogens with one attached hydrogen (secondary N) is 1. The summed E-state index contributed by atoms with van der Waals surface area (Å²) in [7, 11) is 0. The van der Waals surface area contributed by atoms with Crippen LogP contribution in [0.5, 0.6) is 0 Å². The van der Waals surface area contributed by atoms with Gasteiger partial charge in [-0.2, -0.15) is 0 Å². The summed E-state index contributed by atoms with van der Waals surface area (Å²) >= 11 is 0. The van der Waals surface area contributed by atoms with E-state index in [2.05, 4.69) is 58.5 Å². The van der Waals surface area contributed by atoms with Crippen molar-refractivity contribution in [3.8, 4) is 0 Å². The molecule has 3 heterocycles. The number of amidine groups is 1. The van der Waals surface area contributed by atoms with Crippen LogP contribution in [0.2, 0.25) is 0 Å². The Morgan fingerprint density at radius 3 is 2.82 bits per heavy atom. The largest absolute Gasteiger partial charge is 0.358 e. The molecule has 1 aromatic heterocycles. The molecule has 112 valence electrons. The molecule has 2 aromatic rings. The van der Waals surface area contributed by atoms with Crippen molar-refractivity contribution in [2.45, 2.75) is 25.4 Å². The SMILES string of the molecule is CCCC1(c2ccncc2)Nc2ccccc2C2=NCCN21. The molecule has 1 atom stereocenters. The minimum Gasteiger partial charge on any atom is -0.358 e. The van der Waals surface area contributed by atoms with E-state index < -0.39 is 0 Å². The quantitative estimate of drug-likeness (QED) is 0.944. The molecule has 0 bridgehead atoms. The maximum absolute atomic E-state index is 4.79. The van der Waals surface area contributed by atoms with E-state index in [0.29, 0.717) is 0 Å². The average molecular weight is 292 g/mol. The van der Waals surface area contributed by atoms with E-state index in [9.17, 15) is 0 Å². The maximum atomic E-state index is 4.79. The smallest absolute Gasteiger partial charge is 0.138 e. The number of aliphatic imine (C=N–C) groups is 1. The number of hydrogen-bond acceptors (Lipinski definition) is 4. The molecule has 4 nitrogen and oxygen atoms in total. The molecule has 0 radical (unpaired) electrons. The van der Waals surface area contributed by atoms with Gasteiger partial charge in [-0.3, -0.25) is 9.98 Å². The number of hydrogen-bond donors (Lipinski definition) is 1. The first kappa shape index (κ1) is 13.3. The van der Waals surface area contributed by atoms with E-state index in [1.165, 1.54) is 16.8 Å². The normalized spacial score (nSPS) is 22.6.